The van der Waals surface area contributed by atoms with Gasteiger partial charge in [0.1, 0.15) is 5.54 Å². The molecule has 1 fully saturated rings. The van der Waals surface area contributed by atoms with Gasteiger partial charge in [-0.25, -0.2) is 0 Å². The number of guanidine groups is 1. The SMILES string of the molecule is COCC1(c2ccccc2)CN=C(N)N1C1CCCC1. The van der Waals surface area contributed by atoms with Crippen molar-refractivity contribution < 1.29 is 4.74 Å². The van der Waals surface area contributed by atoms with Gasteiger partial charge in [-0.15, -0.1) is 0 Å². The van der Waals surface area contributed by atoms with Gasteiger partial charge in [0.2, 0.25) is 0 Å². The Kier molecular flexibility index (Phi) is 3.66. The molecule has 0 saturated heterocycles. The van der Waals surface area contributed by atoms with Crippen LogP contribution in [0, 0.1) is 0 Å². The van der Waals surface area contributed by atoms with E-state index in [4.69, 9.17) is 10.5 Å². The molecule has 0 aromatic heterocycles. The molecule has 0 spiro atoms. The molecule has 1 saturated carbocycles. The highest BCUT2D eigenvalue weighted by Gasteiger charge is 2.47. The first-order chi connectivity index (χ1) is 9.78. The number of hydrogen-bond donors (Lipinski definition) is 1. The summed E-state index contributed by atoms with van der Waals surface area (Å²) in [6.07, 6.45) is 4.97. The van der Waals surface area contributed by atoms with Crippen LogP contribution in [0.4, 0.5) is 0 Å². The van der Waals surface area contributed by atoms with Gasteiger partial charge in [-0.1, -0.05) is 43.2 Å². The van der Waals surface area contributed by atoms with Gasteiger partial charge in [0.15, 0.2) is 5.96 Å². The second kappa shape index (κ2) is 5.44. The van der Waals surface area contributed by atoms with Gasteiger partial charge in [0.25, 0.3) is 0 Å². The van der Waals surface area contributed by atoms with Crippen molar-refractivity contribution in [1.82, 2.24) is 4.90 Å². The van der Waals surface area contributed by atoms with Gasteiger partial charge in [-0.3, -0.25) is 4.99 Å². The summed E-state index contributed by atoms with van der Waals surface area (Å²) in [5.74, 6) is 0.679. The third-order valence-corrected chi connectivity index (χ3v) is 4.59. The predicted octanol–water partition coefficient (Wildman–Crippen LogP) is 2.10. The zero-order valence-corrected chi connectivity index (χ0v) is 12.1. The number of nitrogens with zero attached hydrogens (tertiary/aromatic N) is 2. The fraction of sp³-hybridized carbons (Fsp3) is 0.562. The molecule has 1 aliphatic heterocycles. The Morgan fingerprint density at radius 1 is 1.30 bits per heavy atom. The van der Waals surface area contributed by atoms with Crippen LogP contribution in [0.5, 0.6) is 0 Å². The van der Waals surface area contributed by atoms with Crippen molar-refractivity contribution in [2.24, 2.45) is 10.7 Å². The Bertz CT molecular complexity index is 482. The lowest BCUT2D eigenvalue weighted by Crippen LogP contribution is -2.55. The summed E-state index contributed by atoms with van der Waals surface area (Å²) in [6, 6.07) is 11.0. The molecule has 1 atom stereocenters. The molecule has 2 aliphatic rings. The molecule has 0 bridgehead atoms. The average molecular weight is 273 g/mol. The van der Waals surface area contributed by atoms with Crippen molar-refractivity contribution in [2.75, 3.05) is 20.3 Å². The van der Waals surface area contributed by atoms with E-state index in [1.807, 2.05) is 6.07 Å². The predicted molar refractivity (Wildman–Crippen MR) is 80.6 cm³/mol. The lowest BCUT2D eigenvalue weighted by atomic mass is 9.88. The summed E-state index contributed by atoms with van der Waals surface area (Å²) in [5.41, 5.74) is 7.24. The second-order valence-corrected chi connectivity index (χ2v) is 5.81. The first-order valence-electron chi connectivity index (χ1n) is 7.42. The zero-order valence-electron chi connectivity index (χ0n) is 12.1. The van der Waals surface area contributed by atoms with Crippen molar-refractivity contribution in [3.05, 3.63) is 35.9 Å². The van der Waals surface area contributed by atoms with E-state index in [0.29, 0.717) is 25.2 Å². The number of rotatable bonds is 4. The second-order valence-electron chi connectivity index (χ2n) is 5.81. The molecule has 1 aliphatic carbocycles. The van der Waals surface area contributed by atoms with E-state index in [0.717, 1.165) is 0 Å². The Labute approximate surface area is 120 Å². The van der Waals surface area contributed by atoms with Crippen molar-refractivity contribution in [3.8, 4) is 0 Å². The Hall–Kier alpha value is -1.55. The van der Waals surface area contributed by atoms with E-state index in [1.54, 1.807) is 7.11 Å². The largest absolute Gasteiger partial charge is 0.382 e. The maximum atomic E-state index is 6.22. The molecule has 1 heterocycles. The molecule has 1 aromatic rings. The number of nitrogens with two attached hydrogens (primary N) is 1. The van der Waals surface area contributed by atoms with Crippen LogP contribution in [0.2, 0.25) is 0 Å². The molecule has 1 unspecified atom stereocenters. The summed E-state index contributed by atoms with van der Waals surface area (Å²) in [5, 5.41) is 0. The maximum Gasteiger partial charge on any atom is 0.192 e. The number of ether oxygens (including phenoxy) is 1. The molecule has 108 valence electrons. The van der Waals surface area contributed by atoms with E-state index in [-0.39, 0.29) is 5.54 Å². The van der Waals surface area contributed by atoms with Crippen molar-refractivity contribution in [3.63, 3.8) is 0 Å². The minimum atomic E-state index is -0.227. The molecule has 1 aromatic carbocycles. The highest BCUT2D eigenvalue weighted by Crippen LogP contribution is 2.39. The van der Waals surface area contributed by atoms with Gasteiger partial charge >= 0.3 is 0 Å². The Morgan fingerprint density at radius 3 is 2.65 bits per heavy atom. The summed E-state index contributed by atoms with van der Waals surface area (Å²) in [6.45, 7) is 1.31. The van der Waals surface area contributed by atoms with Crippen LogP contribution in [0.15, 0.2) is 35.3 Å². The fourth-order valence-electron chi connectivity index (χ4n) is 3.70. The number of hydrogen-bond acceptors (Lipinski definition) is 4. The lowest BCUT2D eigenvalue weighted by Gasteiger charge is -2.43. The highest BCUT2D eigenvalue weighted by atomic mass is 16.5. The molecule has 0 radical (unpaired) electrons. The maximum absolute atomic E-state index is 6.22. The van der Waals surface area contributed by atoms with Crippen LogP contribution >= 0.6 is 0 Å². The molecule has 20 heavy (non-hydrogen) atoms. The third kappa shape index (κ3) is 2.08. The number of aliphatic imine (C=N–C) groups is 1. The number of benzene rings is 1. The lowest BCUT2D eigenvalue weighted by molar-refractivity contribution is 0.0443. The van der Waals surface area contributed by atoms with Crippen LogP contribution < -0.4 is 5.73 Å². The van der Waals surface area contributed by atoms with Crippen LogP contribution in [0.3, 0.4) is 0 Å². The first kappa shape index (κ1) is 13.4. The molecule has 0 amide bonds. The summed E-state index contributed by atoms with van der Waals surface area (Å²) in [7, 11) is 1.76. The third-order valence-electron chi connectivity index (χ3n) is 4.59. The molecule has 4 nitrogen and oxygen atoms in total. The number of methoxy groups -OCH3 is 1. The smallest absolute Gasteiger partial charge is 0.192 e. The van der Waals surface area contributed by atoms with E-state index < -0.39 is 0 Å². The minimum Gasteiger partial charge on any atom is -0.382 e. The molecule has 4 heteroatoms. The first-order valence-corrected chi connectivity index (χ1v) is 7.42. The van der Waals surface area contributed by atoms with Crippen molar-refractivity contribution in [1.29, 1.82) is 0 Å². The summed E-state index contributed by atoms with van der Waals surface area (Å²) < 4.78 is 5.55. The Morgan fingerprint density at radius 2 is 2.00 bits per heavy atom. The van der Waals surface area contributed by atoms with Crippen LogP contribution in [-0.4, -0.2) is 37.2 Å². The van der Waals surface area contributed by atoms with E-state index in [1.165, 1.54) is 31.2 Å². The fourth-order valence-corrected chi connectivity index (χ4v) is 3.70. The van der Waals surface area contributed by atoms with E-state index in [9.17, 15) is 0 Å². The average Bonchev–Trinajstić information content (AvgIpc) is 3.09. The van der Waals surface area contributed by atoms with Crippen LogP contribution in [-0.2, 0) is 10.3 Å². The van der Waals surface area contributed by atoms with Gasteiger partial charge in [0.05, 0.1) is 13.2 Å². The quantitative estimate of drug-likeness (QED) is 0.914. The molecular formula is C16H23N3O. The minimum absolute atomic E-state index is 0.227. The van der Waals surface area contributed by atoms with Crippen molar-refractivity contribution in [2.45, 2.75) is 37.3 Å². The Balaban J connectivity index is 2.00. The normalized spacial score (nSPS) is 27.1. The van der Waals surface area contributed by atoms with Gasteiger partial charge in [-0.05, 0) is 18.4 Å². The zero-order chi connectivity index (χ0) is 14.0. The van der Waals surface area contributed by atoms with Gasteiger partial charge < -0.3 is 15.4 Å². The van der Waals surface area contributed by atoms with E-state index in [2.05, 4.69) is 34.2 Å². The monoisotopic (exact) mass is 273 g/mol. The highest BCUT2D eigenvalue weighted by molar-refractivity contribution is 5.82. The summed E-state index contributed by atoms with van der Waals surface area (Å²) >= 11 is 0. The van der Waals surface area contributed by atoms with Crippen LogP contribution in [0.25, 0.3) is 0 Å². The standard InChI is InChI=1S/C16H23N3O/c1-20-12-16(13-7-3-2-4-8-13)11-18-15(17)19(16)14-9-5-6-10-14/h2-4,7-8,14H,5-6,9-12H2,1H3,(H2,17,18). The van der Waals surface area contributed by atoms with Gasteiger partial charge in [0, 0.05) is 13.2 Å². The van der Waals surface area contributed by atoms with Gasteiger partial charge in [-0.2, -0.15) is 0 Å². The topological polar surface area (TPSA) is 50.9 Å². The van der Waals surface area contributed by atoms with Crippen molar-refractivity contribution >= 4 is 5.96 Å². The molecule has 3 rings (SSSR count). The molecular weight excluding hydrogens is 250 g/mol. The van der Waals surface area contributed by atoms with Crippen LogP contribution in [0.1, 0.15) is 31.2 Å². The summed E-state index contributed by atoms with van der Waals surface area (Å²) in [4.78, 5) is 6.88. The molecule has 2 N–H and O–H groups in total. The van der Waals surface area contributed by atoms with E-state index >= 15 is 0 Å².